The van der Waals surface area contributed by atoms with Gasteiger partial charge in [0.1, 0.15) is 0 Å². The maximum atomic E-state index is 8.88. The molecular formula is H7BrNO4P. The van der Waals surface area contributed by atoms with Crippen LogP contribution in [-0.2, 0) is 4.57 Å². The highest BCUT2D eigenvalue weighted by molar-refractivity contribution is 8.93. The van der Waals surface area contributed by atoms with Crippen molar-refractivity contribution in [1.82, 2.24) is 6.15 Å². The summed E-state index contributed by atoms with van der Waals surface area (Å²) < 4.78 is 8.88. The van der Waals surface area contributed by atoms with Crippen LogP contribution in [0.2, 0.25) is 0 Å². The Morgan fingerprint density at radius 2 is 1.14 bits per heavy atom. The predicted molar refractivity (Wildman–Crippen MR) is 29.6 cm³/mol. The molecule has 0 unspecified atom stereocenters. The smallest absolute Gasteiger partial charge is 0.344 e. The molecule has 0 aromatic carbocycles. The standard InChI is InChI=1S/BrH.H3N.H3O4P/c;;1-5(2,3)4/h1H;1H3;(H3,1,2,3,4). The fraction of sp³-hybridized carbons (Fsp3) is 0. The van der Waals surface area contributed by atoms with Gasteiger partial charge in [-0.05, 0) is 0 Å². The van der Waals surface area contributed by atoms with Gasteiger partial charge in [0.2, 0.25) is 0 Å². The first kappa shape index (κ1) is 15.6. The Bertz CT molecular complexity index is 57.8. The second-order valence-electron chi connectivity index (χ2n) is 0.513. The lowest BCUT2D eigenvalue weighted by atomic mass is 14.0. The van der Waals surface area contributed by atoms with Gasteiger partial charge in [-0.1, -0.05) is 0 Å². The van der Waals surface area contributed by atoms with E-state index in [0.717, 1.165) is 0 Å². The second-order valence-corrected chi connectivity index (χ2v) is 1.54. The molecule has 0 radical (unpaired) electrons. The largest absolute Gasteiger partial charge is 0.466 e. The quantitative estimate of drug-likeness (QED) is 0.401. The Morgan fingerprint density at radius 1 is 1.14 bits per heavy atom. The maximum absolute atomic E-state index is 8.88. The van der Waals surface area contributed by atoms with E-state index < -0.39 is 7.82 Å². The Balaban J connectivity index is -0.0000000800. The third kappa shape index (κ3) is 448. The van der Waals surface area contributed by atoms with E-state index in [0.29, 0.717) is 0 Å². The van der Waals surface area contributed by atoms with Crippen molar-refractivity contribution in [1.29, 1.82) is 0 Å². The van der Waals surface area contributed by atoms with Crippen LogP contribution >= 0.6 is 24.8 Å². The van der Waals surface area contributed by atoms with Crippen LogP contribution in [-0.4, -0.2) is 14.7 Å². The van der Waals surface area contributed by atoms with Gasteiger partial charge in [-0.15, -0.1) is 17.0 Å². The second kappa shape index (κ2) is 4.70. The first-order valence-corrected chi connectivity index (χ1v) is 2.35. The summed E-state index contributed by atoms with van der Waals surface area (Å²) in [6.45, 7) is 0. The molecule has 0 spiro atoms. The Morgan fingerprint density at radius 3 is 1.14 bits per heavy atom. The van der Waals surface area contributed by atoms with Crippen molar-refractivity contribution < 1.29 is 19.2 Å². The fourth-order valence-corrected chi connectivity index (χ4v) is 0. The van der Waals surface area contributed by atoms with Crippen LogP contribution in [0.25, 0.3) is 0 Å². The molecule has 0 amide bonds. The SMILES string of the molecule is Br.N.O=P(O)(O)O. The van der Waals surface area contributed by atoms with Crippen molar-refractivity contribution in [3.05, 3.63) is 0 Å². The van der Waals surface area contributed by atoms with Gasteiger partial charge in [0.15, 0.2) is 0 Å². The zero-order chi connectivity index (χ0) is 4.50. The van der Waals surface area contributed by atoms with E-state index >= 15 is 0 Å². The molecular weight excluding hydrogens is 189 g/mol. The fourth-order valence-electron chi connectivity index (χ4n) is 0. The predicted octanol–water partition coefficient (Wildman–Crippen LogP) is -0.189. The molecule has 6 N–H and O–H groups in total. The summed E-state index contributed by atoms with van der Waals surface area (Å²) in [5, 5.41) is 0. The lowest BCUT2D eigenvalue weighted by Gasteiger charge is -1.82. The molecule has 7 heteroatoms. The minimum Gasteiger partial charge on any atom is -0.344 e. The molecule has 0 heterocycles. The molecule has 0 saturated carbocycles. The van der Waals surface area contributed by atoms with Crippen molar-refractivity contribution >= 4 is 24.8 Å². The van der Waals surface area contributed by atoms with Crippen molar-refractivity contribution in [3.8, 4) is 0 Å². The molecule has 0 rings (SSSR count). The van der Waals surface area contributed by atoms with Crippen LogP contribution in [0.3, 0.4) is 0 Å². The average molecular weight is 196 g/mol. The molecule has 0 aliphatic heterocycles. The van der Waals surface area contributed by atoms with Gasteiger partial charge in [0.25, 0.3) is 0 Å². The van der Waals surface area contributed by atoms with Crippen molar-refractivity contribution in [2.45, 2.75) is 0 Å². The van der Waals surface area contributed by atoms with Crippen LogP contribution in [0.1, 0.15) is 0 Å². The van der Waals surface area contributed by atoms with Crippen molar-refractivity contribution in [2.24, 2.45) is 0 Å². The molecule has 0 atom stereocenters. The van der Waals surface area contributed by atoms with Crippen molar-refractivity contribution in [3.63, 3.8) is 0 Å². The summed E-state index contributed by atoms with van der Waals surface area (Å²) in [5.41, 5.74) is 0. The highest BCUT2D eigenvalue weighted by atomic mass is 79.9. The molecule has 5 nitrogen and oxygen atoms in total. The molecule has 48 valence electrons. The average Bonchev–Trinajstić information content (AvgIpc) is 0.722. The molecule has 0 aromatic rings. The molecule has 0 fully saturated rings. The minimum absolute atomic E-state index is 0. The van der Waals surface area contributed by atoms with E-state index in [9.17, 15) is 0 Å². The number of rotatable bonds is 0. The molecule has 0 aromatic heterocycles. The van der Waals surface area contributed by atoms with E-state index in [2.05, 4.69) is 0 Å². The number of phosphoric acid groups is 1. The lowest BCUT2D eigenvalue weighted by molar-refractivity contribution is 0.275. The number of hydrogen-bond donors (Lipinski definition) is 4. The van der Waals surface area contributed by atoms with Gasteiger partial charge < -0.3 is 20.8 Å². The van der Waals surface area contributed by atoms with Gasteiger partial charge in [0, 0.05) is 0 Å². The Labute approximate surface area is 51.0 Å². The summed E-state index contributed by atoms with van der Waals surface area (Å²) in [5.74, 6) is 0. The third-order valence-electron chi connectivity index (χ3n) is 0. The highest BCUT2D eigenvalue weighted by Gasteiger charge is 2.00. The van der Waals surface area contributed by atoms with Crippen LogP contribution in [0.4, 0.5) is 0 Å². The summed E-state index contributed by atoms with van der Waals surface area (Å²) in [4.78, 5) is 21.6. The van der Waals surface area contributed by atoms with E-state index in [-0.39, 0.29) is 23.1 Å². The van der Waals surface area contributed by atoms with E-state index in [1.54, 1.807) is 0 Å². The van der Waals surface area contributed by atoms with Crippen molar-refractivity contribution in [2.75, 3.05) is 0 Å². The molecule has 0 aliphatic rings. The van der Waals surface area contributed by atoms with Crippen LogP contribution in [0.15, 0.2) is 0 Å². The molecule has 0 aliphatic carbocycles. The zero-order valence-electron chi connectivity index (χ0n) is 3.31. The third-order valence-corrected chi connectivity index (χ3v) is 0. The summed E-state index contributed by atoms with van der Waals surface area (Å²) in [6, 6.07) is 0. The highest BCUT2D eigenvalue weighted by Crippen LogP contribution is 2.25. The van der Waals surface area contributed by atoms with Crippen LogP contribution in [0, 0.1) is 0 Å². The van der Waals surface area contributed by atoms with E-state index in [4.69, 9.17) is 19.2 Å². The van der Waals surface area contributed by atoms with Crippen LogP contribution < -0.4 is 6.15 Å². The van der Waals surface area contributed by atoms with E-state index in [1.165, 1.54) is 0 Å². The topological polar surface area (TPSA) is 113 Å². The summed E-state index contributed by atoms with van der Waals surface area (Å²) in [6.07, 6.45) is 0. The normalized spacial score (nSPS) is 8.43. The Kier molecular flexibility index (Phi) is 10.5. The Hall–Kier alpha value is 0.550. The minimum atomic E-state index is -4.64. The lowest BCUT2D eigenvalue weighted by Crippen LogP contribution is -1.66. The van der Waals surface area contributed by atoms with E-state index in [1.807, 2.05) is 0 Å². The maximum Gasteiger partial charge on any atom is 0.466 e. The van der Waals surface area contributed by atoms with Crippen LogP contribution in [0.5, 0.6) is 0 Å². The van der Waals surface area contributed by atoms with Gasteiger partial charge in [0.05, 0.1) is 0 Å². The van der Waals surface area contributed by atoms with Gasteiger partial charge in [-0.25, -0.2) is 4.57 Å². The summed E-state index contributed by atoms with van der Waals surface area (Å²) >= 11 is 0. The molecule has 0 saturated heterocycles. The van der Waals surface area contributed by atoms with Gasteiger partial charge in [-0.3, -0.25) is 0 Å². The monoisotopic (exact) mass is 195 g/mol. The zero-order valence-corrected chi connectivity index (χ0v) is 5.92. The van der Waals surface area contributed by atoms with Gasteiger partial charge in [-0.2, -0.15) is 0 Å². The number of halogens is 1. The molecule has 7 heavy (non-hydrogen) atoms. The first-order valence-electron chi connectivity index (χ1n) is 0.783. The first-order chi connectivity index (χ1) is 2.00. The number of hydrogen-bond acceptors (Lipinski definition) is 2. The molecule has 0 bridgehead atoms. The van der Waals surface area contributed by atoms with Gasteiger partial charge >= 0.3 is 7.82 Å². The summed E-state index contributed by atoms with van der Waals surface area (Å²) in [7, 11) is -4.64.